The molecule has 0 spiro atoms. The van der Waals surface area contributed by atoms with Gasteiger partial charge in [-0.25, -0.2) is 9.59 Å². The predicted molar refractivity (Wildman–Crippen MR) is 75.3 cm³/mol. The highest BCUT2D eigenvalue weighted by atomic mass is 16.4. The number of carboxylic acids is 1. The zero-order chi connectivity index (χ0) is 15.9. The van der Waals surface area contributed by atoms with E-state index in [4.69, 9.17) is 5.11 Å². The van der Waals surface area contributed by atoms with Crippen molar-refractivity contribution >= 4 is 17.9 Å². The van der Waals surface area contributed by atoms with E-state index >= 15 is 0 Å². The van der Waals surface area contributed by atoms with Crippen LogP contribution in [-0.4, -0.2) is 53.6 Å². The molecule has 0 saturated heterocycles. The van der Waals surface area contributed by atoms with Gasteiger partial charge in [0.1, 0.15) is 12.1 Å². The van der Waals surface area contributed by atoms with E-state index in [2.05, 4.69) is 10.6 Å². The summed E-state index contributed by atoms with van der Waals surface area (Å²) in [6.07, 6.45) is 0.629. The average Bonchev–Trinajstić information content (AvgIpc) is 2.41. The number of carbonyl (C=O) groups excluding carboxylic acids is 2. The lowest BCUT2D eigenvalue weighted by atomic mass is 9.99. The van der Waals surface area contributed by atoms with Crippen molar-refractivity contribution in [1.29, 1.82) is 0 Å². The van der Waals surface area contributed by atoms with Gasteiger partial charge in [-0.1, -0.05) is 20.3 Å². The number of rotatable bonds is 7. The third-order valence-electron chi connectivity index (χ3n) is 3.33. The molecule has 0 heterocycles. The maximum Gasteiger partial charge on any atom is 0.326 e. The molecule has 0 rings (SSSR count). The summed E-state index contributed by atoms with van der Waals surface area (Å²) in [7, 11) is 1.64. The Morgan fingerprint density at radius 3 is 2.10 bits per heavy atom. The smallest absolute Gasteiger partial charge is 0.326 e. The molecular formula is C13H25N3O4. The SMILES string of the molecule is CC[C@H](C)[C@H](NC(=O)NC(C)C(=O)N(C)CC)C(=O)O. The van der Waals surface area contributed by atoms with Crippen molar-refractivity contribution in [2.75, 3.05) is 13.6 Å². The number of carbonyl (C=O) groups is 3. The highest BCUT2D eigenvalue weighted by molar-refractivity contribution is 5.88. The Balaban J connectivity index is 4.54. The molecule has 0 aliphatic rings. The van der Waals surface area contributed by atoms with E-state index in [0.717, 1.165) is 0 Å². The van der Waals surface area contributed by atoms with Gasteiger partial charge in [-0.05, 0) is 19.8 Å². The lowest BCUT2D eigenvalue weighted by Crippen LogP contribution is -2.54. The number of likely N-dealkylation sites (N-methyl/N-ethyl adjacent to an activating group) is 1. The number of nitrogens with one attached hydrogen (secondary N) is 2. The summed E-state index contributed by atoms with van der Waals surface area (Å²) in [5, 5.41) is 13.9. The molecule has 3 N–H and O–H groups in total. The van der Waals surface area contributed by atoms with E-state index in [1.165, 1.54) is 4.90 Å². The van der Waals surface area contributed by atoms with E-state index < -0.39 is 24.1 Å². The molecule has 0 radical (unpaired) electrons. The molecule has 3 amide bonds. The minimum atomic E-state index is -1.08. The van der Waals surface area contributed by atoms with Gasteiger partial charge in [0, 0.05) is 13.6 Å². The van der Waals surface area contributed by atoms with Gasteiger partial charge in [0.25, 0.3) is 0 Å². The molecule has 0 bridgehead atoms. The summed E-state index contributed by atoms with van der Waals surface area (Å²) in [6.45, 7) is 7.53. The van der Waals surface area contributed by atoms with Crippen LogP contribution < -0.4 is 10.6 Å². The lowest BCUT2D eigenvalue weighted by Gasteiger charge is -2.23. The molecule has 20 heavy (non-hydrogen) atoms. The molecule has 3 atom stereocenters. The standard InChI is InChI=1S/C13H25N3O4/c1-6-8(3)10(12(18)19)15-13(20)14-9(4)11(17)16(5)7-2/h8-10H,6-7H2,1-5H3,(H,18,19)(H2,14,15,20)/t8-,9?,10-/m0/s1. The van der Waals surface area contributed by atoms with E-state index in [9.17, 15) is 14.4 Å². The number of carboxylic acid groups (broad SMARTS) is 1. The number of nitrogens with zero attached hydrogens (tertiary/aromatic N) is 1. The van der Waals surface area contributed by atoms with Crippen LogP contribution in [0.4, 0.5) is 4.79 Å². The van der Waals surface area contributed by atoms with Crippen molar-refractivity contribution in [2.24, 2.45) is 5.92 Å². The number of urea groups is 1. The van der Waals surface area contributed by atoms with E-state index in [1.807, 2.05) is 13.8 Å². The molecule has 0 saturated carbocycles. The third kappa shape index (κ3) is 5.46. The quantitative estimate of drug-likeness (QED) is 0.640. The van der Waals surface area contributed by atoms with Crippen molar-refractivity contribution in [2.45, 2.75) is 46.2 Å². The normalized spacial score (nSPS) is 14.8. The molecular weight excluding hydrogens is 262 g/mol. The molecule has 1 unspecified atom stereocenters. The Hall–Kier alpha value is -1.79. The first-order valence-electron chi connectivity index (χ1n) is 6.79. The van der Waals surface area contributed by atoms with E-state index in [-0.39, 0.29) is 11.8 Å². The van der Waals surface area contributed by atoms with Crippen molar-refractivity contribution in [3.8, 4) is 0 Å². The van der Waals surface area contributed by atoms with Gasteiger partial charge in [0.05, 0.1) is 0 Å². The Morgan fingerprint density at radius 1 is 1.15 bits per heavy atom. The Morgan fingerprint density at radius 2 is 1.70 bits per heavy atom. The van der Waals surface area contributed by atoms with Gasteiger partial charge >= 0.3 is 12.0 Å². The van der Waals surface area contributed by atoms with Crippen molar-refractivity contribution < 1.29 is 19.5 Å². The fourth-order valence-corrected chi connectivity index (χ4v) is 1.61. The summed E-state index contributed by atoms with van der Waals surface area (Å²) in [5.74, 6) is -1.50. The molecule has 7 heteroatoms. The topological polar surface area (TPSA) is 98.7 Å². The number of hydrogen-bond donors (Lipinski definition) is 3. The van der Waals surface area contributed by atoms with E-state index in [0.29, 0.717) is 13.0 Å². The molecule has 0 fully saturated rings. The van der Waals surface area contributed by atoms with Crippen LogP contribution in [0.3, 0.4) is 0 Å². The second-order valence-electron chi connectivity index (χ2n) is 4.89. The molecule has 7 nitrogen and oxygen atoms in total. The number of hydrogen-bond acceptors (Lipinski definition) is 3. The third-order valence-corrected chi connectivity index (χ3v) is 3.33. The van der Waals surface area contributed by atoms with Gasteiger partial charge in [-0.2, -0.15) is 0 Å². The molecule has 0 aliphatic carbocycles. The van der Waals surface area contributed by atoms with Crippen LogP contribution in [-0.2, 0) is 9.59 Å². The van der Waals surface area contributed by atoms with Crippen molar-refractivity contribution in [3.63, 3.8) is 0 Å². The molecule has 0 aromatic rings. The predicted octanol–water partition coefficient (Wildman–Crippen LogP) is 0.652. The zero-order valence-corrected chi connectivity index (χ0v) is 12.8. The van der Waals surface area contributed by atoms with Gasteiger partial charge in [0.2, 0.25) is 5.91 Å². The Bertz CT molecular complexity index is 360. The second kappa shape index (κ2) is 8.39. The van der Waals surface area contributed by atoms with Crippen LogP contribution in [0, 0.1) is 5.92 Å². The highest BCUT2D eigenvalue weighted by Crippen LogP contribution is 2.07. The van der Waals surface area contributed by atoms with Crippen LogP contribution in [0.2, 0.25) is 0 Å². The average molecular weight is 287 g/mol. The maximum absolute atomic E-state index is 11.8. The summed E-state index contributed by atoms with van der Waals surface area (Å²) >= 11 is 0. The Kier molecular flexibility index (Phi) is 7.64. The van der Waals surface area contributed by atoms with Crippen molar-refractivity contribution in [1.82, 2.24) is 15.5 Å². The van der Waals surface area contributed by atoms with Crippen LogP contribution in [0.1, 0.15) is 34.1 Å². The first-order chi connectivity index (χ1) is 9.24. The molecule has 0 aromatic carbocycles. The minimum absolute atomic E-state index is 0.192. The van der Waals surface area contributed by atoms with Crippen LogP contribution >= 0.6 is 0 Å². The maximum atomic E-state index is 11.8. The molecule has 116 valence electrons. The summed E-state index contributed by atoms with van der Waals surface area (Å²) < 4.78 is 0. The number of aliphatic carboxylic acids is 1. The highest BCUT2D eigenvalue weighted by Gasteiger charge is 2.26. The summed E-state index contributed by atoms with van der Waals surface area (Å²) in [4.78, 5) is 36.1. The van der Waals surface area contributed by atoms with Gasteiger partial charge in [-0.15, -0.1) is 0 Å². The van der Waals surface area contributed by atoms with Gasteiger partial charge in [0.15, 0.2) is 0 Å². The fourth-order valence-electron chi connectivity index (χ4n) is 1.61. The van der Waals surface area contributed by atoms with Crippen molar-refractivity contribution in [3.05, 3.63) is 0 Å². The van der Waals surface area contributed by atoms with Crippen LogP contribution in [0.25, 0.3) is 0 Å². The van der Waals surface area contributed by atoms with Gasteiger partial charge in [-0.3, -0.25) is 4.79 Å². The zero-order valence-electron chi connectivity index (χ0n) is 12.8. The second-order valence-corrected chi connectivity index (χ2v) is 4.89. The lowest BCUT2D eigenvalue weighted by molar-refractivity contribution is -0.140. The fraction of sp³-hybridized carbons (Fsp3) is 0.769. The minimum Gasteiger partial charge on any atom is -0.480 e. The van der Waals surface area contributed by atoms with Gasteiger partial charge < -0.3 is 20.6 Å². The van der Waals surface area contributed by atoms with Crippen LogP contribution in [0.5, 0.6) is 0 Å². The summed E-state index contributed by atoms with van der Waals surface area (Å²) in [6, 6.07) is -2.32. The first-order valence-corrected chi connectivity index (χ1v) is 6.79. The monoisotopic (exact) mass is 287 g/mol. The number of amides is 3. The Labute approximate surface area is 119 Å². The molecule has 0 aliphatic heterocycles. The summed E-state index contributed by atoms with van der Waals surface area (Å²) in [5.41, 5.74) is 0. The largest absolute Gasteiger partial charge is 0.480 e. The van der Waals surface area contributed by atoms with Crippen LogP contribution in [0.15, 0.2) is 0 Å². The molecule has 0 aromatic heterocycles. The first kappa shape index (κ1) is 18.2. The van der Waals surface area contributed by atoms with E-state index in [1.54, 1.807) is 20.9 Å².